The van der Waals surface area contributed by atoms with Gasteiger partial charge in [-0.3, -0.25) is 4.79 Å². The van der Waals surface area contributed by atoms with Crippen LogP contribution in [0.3, 0.4) is 0 Å². The Labute approximate surface area is 101 Å². The predicted molar refractivity (Wildman–Crippen MR) is 68.8 cm³/mol. The van der Waals surface area contributed by atoms with Crippen LogP contribution in [0.5, 0.6) is 0 Å². The number of ketones is 1. The lowest BCUT2D eigenvalue weighted by Crippen LogP contribution is -2.24. The highest BCUT2D eigenvalue weighted by molar-refractivity contribution is 5.83. The number of hydrogen-bond acceptors (Lipinski definition) is 2. The van der Waals surface area contributed by atoms with Crippen molar-refractivity contribution in [2.75, 3.05) is 0 Å². The molecule has 0 saturated carbocycles. The van der Waals surface area contributed by atoms with E-state index in [9.17, 15) is 9.90 Å². The van der Waals surface area contributed by atoms with Gasteiger partial charge in [0.05, 0.1) is 5.60 Å². The van der Waals surface area contributed by atoms with E-state index < -0.39 is 5.60 Å². The van der Waals surface area contributed by atoms with Crippen LogP contribution in [-0.2, 0) is 10.4 Å². The minimum absolute atomic E-state index is 0.0110. The molecule has 0 heterocycles. The molecule has 2 rings (SSSR count). The summed E-state index contributed by atoms with van der Waals surface area (Å²) < 4.78 is 0. The quantitative estimate of drug-likeness (QED) is 0.876. The van der Waals surface area contributed by atoms with Crippen molar-refractivity contribution in [1.29, 1.82) is 0 Å². The van der Waals surface area contributed by atoms with Gasteiger partial charge < -0.3 is 5.11 Å². The molecule has 0 amide bonds. The van der Waals surface area contributed by atoms with E-state index in [0.717, 1.165) is 16.3 Å². The third kappa shape index (κ3) is 2.53. The lowest BCUT2D eigenvalue weighted by Gasteiger charge is -2.22. The lowest BCUT2D eigenvalue weighted by molar-refractivity contribution is -0.121. The van der Waals surface area contributed by atoms with Crippen molar-refractivity contribution in [2.24, 2.45) is 0 Å². The van der Waals surface area contributed by atoms with Gasteiger partial charge in [-0.05, 0) is 36.2 Å². The number of fused-ring (bicyclic) bond motifs is 1. The monoisotopic (exact) mass is 228 g/mol. The van der Waals surface area contributed by atoms with Crippen LogP contribution in [0.1, 0.15) is 25.8 Å². The van der Waals surface area contributed by atoms with Crippen molar-refractivity contribution in [3.8, 4) is 0 Å². The fourth-order valence-electron chi connectivity index (χ4n) is 2.11. The number of benzene rings is 2. The summed E-state index contributed by atoms with van der Waals surface area (Å²) in [4.78, 5) is 11.1. The van der Waals surface area contributed by atoms with Gasteiger partial charge >= 0.3 is 0 Å². The molecule has 88 valence electrons. The van der Waals surface area contributed by atoms with Gasteiger partial charge in [0.25, 0.3) is 0 Å². The third-order valence-corrected chi connectivity index (χ3v) is 2.96. The SMILES string of the molecule is CC(=O)CC(C)(O)c1ccc2ccccc2c1. The topological polar surface area (TPSA) is 37.3 Å². The normalized spacial score (nSPS) is 14.5. The number of carbonyl (C=O) groups excluding carboxylic acids is 1. The highest BCUT2D eigenvalue weighted by Gasteiger charge is 2.24. The molecule has 2 nitrogen and oxygen atoms in total. The molecule has 0 spiro atoms. The summed E-state index contributed by atoms with van der Waals surface area (Å²) in [5.74, 6) is -0.0110. The van der Waals surface area contributed by atoms with E-state index in [1.54, 1.807) is 6.92 Å². The summed E-state index contributed by atoms with van der Waals surface area (Å²) in [7, 11) is 0. The van der Waals surface area contributed by atoms with Crippen LogP contribution in [0.2, 0.25) is 0 Å². The molecule has 1 unspecified atom stereocenters. The minimum atomic E-state index is -1.09. The smallest absolute Gasteiger partial charge is 0.133 e. The maximum absolute atomic E-state index is 11.1. The van der Waals surface area contributed by atoms with Crippen molar-refractivity contribution in [3.63, 3.8) is 0 Å². The first-order chi connectivity index (χ1) is 7.99. The molecule has 0 fully saturated rings. The second-order valence-electron chi connectivity index (χ2n) is 4.71. The summed E-state index contributed by atoms with van der Waals surface area (Å²) in [5, 5.41) is 12.5. The fraction of sp³-hybridized carbons (Fsp3) is 0.267. The minimum Gasteiger partial charge on any atom is -0.385 e. The molecule has 2 aromatic carbocycles. The fourth-order valence-corrected chi connectivity index (χ4v) is 2.11. The Morgan fingerprint density at radius 2 is 1.82 bits per heavy atom. The number of rotatable bonds is 3. The molecule has 2 heteroatoms. The summed E-state index contributed by atoms with van der Waals surface area (Å²) in [6.07, 6.45) is 0.144. The van der Waals surface area contributed by atoms with Crippen LogP contribution >= 0.6 is 0 Å². The Morgan fingerprint density at radius 1 is 1.18 bits per heavy atom. The first-order valence-corrected chi connectivity index (χ1v) is 5.70. The molecule has 0 aromatic heterocycles. The first-order valence-electron chi connectivity index (χ1n) is 5.70. The summed E-state index contributed by atoms with van der Waals surface area (Å²) in [5.41, 5.74) is -0.304. The van der Waals surface area contributed by atoms with Crippen LogP contribution < -0.4 is 0 Å². The average molecular weight is 228 g/mol. The standard InChI is InChI=1S/C15H16O2/c1-11(16)10-15(2,17)14-8-7-12-5-3-4-6-13(12)9-14/h3-9,17H,10H2,1-2H3. The molecule has 0 aliphatic rings. The maximum Gasteiger partial charge on any atom is 0.133 e. The Balaban J connectivity index is 2.45. The molecular weight excluding hydrogens is 212 g/mol. The summed E-state index contributed by atoms with van der Waals surface area (Å²) in [6.45, 7) is 3.17. The highest BCUT2D eigenvalue weighted by atomic mass is 16.3. The molecule has 1 atom stereocenters. The van der Waals surface area contributed by atoms with Crippen LogP contribution in [0, 0.1) is 0 Å². The molecule has 17 heavy (non-hydrogen) atoms. The van der Waals surface area contributed by atoms with Gasteiger partial charge in [-0.25, -0.2) is 0 Å². The zero-order valence-corrected chi connectivity index (χ0v) is 10.1. The third-order valence-electron chi connectivity index (χ3n) is 2.96. The van der Waals surface area contributed by atoms with Crippen LogP contribution in [0.25, 0.3) is 10.8 Å². The molecule has 0 aliphatic heterocycles. The van der Waals surface area contributed by atoms with E-state index in [-0.39, 0.29) is 12.2 Å². The van der Waals surface area contributed by atoms with Gasteiger partial charge in [0.15, 0.2) is 0 Å². The van der Waals surface area contributed by atoms with E-state index >= 15 is 0 Å². The summed E-state index contributed by atoms with van der Waals surface area (Å²) in [6, 6.07) is 13.8. The van der Waals surface area contributed by atoms with Crippen molar-refractivity contribution in [2.45, 2.75) is 25.9 Å². The molecular formula is C15H16O2. The lowest BCUT2D eigenvalue weighted by atomic mass is 9.89. The van der Waals surface area contributed by atoms with E-state index in [4.69, 9.17) is 0 Å². The largest absolute Gasteiger partial charge is 0.385 e. The van der Waals surface area contributed by atoms with Crippen molar-refractivity contribution < 1.29 is 9.90 Å². The maximum atomic E-state index is 11.1. The number of Topliss-reactive ketones (excluding diaryl/α,β-unsaturated/α-hetero) is 1. The highest BCUT2D eigenvalue weighted by Crippen LogP contribution is 2.27. The Morgan fingerprint density at radius 3 is 2.47 bits per heavy atom. The van der Waals surface area contributed by atoms with Crippen molar-refractivity contribution in [3.05, 3.63) is 48.0 Å². The van der Waals surface area contributed by atoms with Crippen molar-refractivity contribution in [1.82, 2.24) is 0 Å². The Kier molecular flexibility index (Phi) is 2.99. The summed E-state index contributed by atoms with van der Waals surface area (Å²) >= 11 is 0. The second-order valence-corrected chi connectivity index (χ2v) is 4.71. The zero-order chi connectivity index (χ0) is 12.5. The van der Waals surface area contributed by atoms with Gasteiger partial charge in [0, 0.05) is 6.42 Å². The van der Waals surface area contributed by atoms with E-state index in [1.165, 1.54) is 6.92 Å². The molecule has 0 aliphatic carbocycles. The average Bonchev–Trinajstić information content (AvgIpc) is 2.26. The van der Waals surface area contributed by atoms with Gasteiger partial charge in [0.1, 0.15) is 5.78 Å². The zero-order valence-electron chi connectivity index (χ0n) is 10.1. The molecule has 1 N–H and O–H groups in total. The number of hydrogen-bond donors (Lipinski definition) is 1. The number of aliphatic hydroxyl groups is 1. The Bertz CT molecular complexity index is 556. The number of carbonyl (C=O) groups is 1. The van der Waals surface area contributed by atoms with Crippen LogP contribution in [0.15, 0.2) is 42.5 Å². The van der Waals surface area contributed by atoms with Crippen LogP contribution in [0.4, 0.5) is 0 Å². The van der Waals surface area contributed by atoms with Crippen molar-refractivity contribution >= 4 is 16.6 Å². The van der Waals surface area contributed by atoms with Gasteiger partial charge in [-0.2, -0.15) is 0 Å². The van der Waals surface area contributed by atoms with E-state index in [1.807, 2.05) is 42.5 Å². The van der Waals surface area contributed by atoms with Crippen LogP contribution in [-0.4, -0.2) is 10.9 Å². The second kappa shape index (κ2) is 4.30. The van der Waals surface area contributed by atoms with E-state index in [0.29, 0.717) is 0 Å². The molecule has 0 saturated heterocycles. The van der Waals surface area contributed by atoms with Gasteiger partial charge in [0.2, 0.25) is 0 Å². The first kappa shape index (κ1) is 11.8. The van der Waals surface area contributed by atoms with Gasteiger partial charge in [-0.1, -0.05) is 36.4 Å². The predicted octanol–water partition coefficient (Wildman–Crippen LogP) is 3.03. The molecule has 2 aromatic rings. The van der Waals surface area contributed by atoms with Gasteiger partial charge in [-0.15, -0.1) is 0 Å². The molecule has 0 radical (unpaired) electrons. The molecule has 0 bridgehead atoms. The Hall–Kier alpha value is -1.67. The van der Waals surface area contributed by atoms with E-state index in [2.05, 4.69) is 0 Å².